The molecule has 1 aromatic carbocycles. The third-order valence-corrected chi connectivity index (χ3v) is 6.41. The van der Waals surface area contributed by atoms with Gasteiger partial charge in [0.15, 0.2) is 0 Å². The molecule has 1 fully saturated rings. The molecule has 0 atom stereocenters. The lowest BCUT2D eigenvalue weighted by atomic mass is 10.3. The van der Waals surface area contributed by atoms with E-state index in [1.807, 2.05) is 0 Å². The van der Waals surface area contributed by atoms with Crippen LogP contribution in [0.2, 0.25) is 0 Å². The molecular formula is C17H28N4O4S. The normalized spacial score (nSPS) is 15.8. The van der Waals surface area contributed by atoms with E-state index in [1.165, 1.54) is 23.5 Å². The summed E-state index contributed by atoms with van der Waals surface area (Å²) in [6.45, 7) is 7.94. The fourth-order valence-corrected chi connectivity index (χ4v) is 4.40. The van der Waals surface area contributed by atoms with Crippen molar-refractivity contribution in [1.29, 1.82) is 0 Å². The molecule has 2 N–H and O–H groups in total. The summed E-state index contributed by atoms with van der Waals surface area (Å²) in [5.74, 6) is 0.236. The quantitative estimate of drug-likeness (QED) is 0.681. The second-order valence-corrected chi connectivity index (χ2v) is 7.96. The molecule has 1 aliphatic heterocycles. The Morgan fingerprint density at radius 1 is 1.27 bits per heavy atom. The van der Waals surface area contributed by atoms with Crippen molar-refractivity contribution in [2.75, 3.05) is 58.2 Å². The molecule has 26 heavy (non-hydrogen) atoms. The van der Waals surface area contributed by atoms with Crippen LogP contribution in [0.4, 0.5) is 5.69 Å². The Bertz CT molecular complexity index is 713. The highest BCUT2D eigenvalue weighted by atomic mass is 32.2. The zero-order valence-corrected chi connectivity index (χ0v) is 16.4. The lowest BCUT2D eigenvalue weighted by Gasteiger charge is -2.26. The van der Waals surface area contributed by atoms with E-state index in [0.29, 0.717) is 24.5 Å². The van der Waals surface area contributed by atoms with Gasteiger partial charge in [-0.2, -0.15) is 4.31 Å². The number of carbonyl (C=O) groups is 1. The minimum absolute atomic E-state index is 0.138. The summed E-state index contributed by atoms with van der Waals surface area (Å²) in [7, 11) is -2.12. The van der Waals surface area contributed by atoms with Crippen LogP contribution in [0.1, 0.15) is 13.8 Å². The smallest absolute Gasteiger partial charge is 0.243 e. The SMILES string of the molecule is CCN(CC)S(=O)(=O)c1ccc(OC)c(NC(=O)CN2CCNCC2)c1. The maximum absolute atomic E-state index is 12.7. The number of sulfonamides is 1. The molecule has 0 unspecified atom stereocenters. The second-order valence-electron chi connectivity index (χ2n) is 6.03. The summed E-state index contributed by atoms with van der Waals surface area (Å²) in [6, 6.07) is 4.53. The van der Waals surface area contributed by atoms with E-state index in [-0.39, 0.29) is 17.3 Å². The Labute approximate surface area is 155 Å². The molecule has 1 amide bonds. The van der Waals surface area contributed by atoms with Gasteiger partial charge in [0.1, 0.15) is 5.75 Å². The van der Waals surface area contributed by atoms with Crippen LogP contribution in [0.3, 0.4) is 0 Å². The number of piperazine rings is 1. The van der Waals surface area contributed by atoms with Gasteiger partial charge in [-0.3, -0.25) is 9.69 Å². The van der Waals surface area contributed by atoms with Gasteiger partial charge in [-0.15, -0.1) is 0 Å². The van der Waals surface area contributed by atoms with Crippen molar-refractivity contribution in [3.63, 3.8) is 0 Å². The monoisotopic (exact) mass is 384 g/mol. The van der Waals surface area contributed by atoms with Crippen molar-refractivity contribution >= 4 is 21.6 Å². The van der Waals surface area contributed by atoms with Gasteiger partial charge in [0.25, 0.3) is 0 Å². The van der Waals surface area contributed by atoms with Crippen molar-refractivity contribution < 1.29 is 17.9 Å². The minimum Gasteiger partial charge on any atom is -0.495 e. The number of nitrogens with one attached hydrogen (secondary N) is 2. The van der Waals surface area contributed by atoms with E-state index >= 15 is 0 Å². The Hall–Kier alpha value is -1.68. The Kier molecular flexibility index (Phi) is 7.39. The number of hydrogen-bond donors (Lipinski definition) is 2. The highest BCUT2D eigenvalue weighted by Crippen LogP contribution is 2.29. The van der Waals surface area contributed by atoms with Crippen molar-refractivity contribution in [2.45, 2.75) is 18.7 Å². The van der Waals surface area contributed by atoms with Crippen LogP contribution in [-0.4, -0.2) is 76.5 Å². The van der Waals surface area contributed by atoms with Crippen LogP contribution in [0.15, 0.2) is 23.1 Å². The predicted molar refractivity (Wildman–Crippen MR) is 101 cm³/mol. The zero-order chi connectivity index (χ0) is 19.2. The third kappa shape index (κ3) is 4.94. The second kappa shape index (κ2) is 9.31. The largest absolute Gasteiger partial charge is 0.495 e. The van der Waals surface area contributed by atoms with Crippen LogP contribution in [-0.2, 0) is 14.8 Å². The topological polar surface area (TPSA) is 91.0 Å². The number of nitrogens with zero attached hydrogens (tertiary/aromatic N) is 2. The Morgan fingerprint density at radius 2 is 1.92 bits per heavy atom. The summed E-state index contributed by atoms with van der Waals surface area (Å²) >= 11 is 0. The molecule has 0 aliphatic carbocycles. The van der Waals surface area contributed by atoms with Gasteiger partial charge >= 0.3 is 0 Å². The third-order valence-electron chi connectivity index (χ3n) is 4.37. The molecule has 0 bridgehead atoms. The summed E-state index contributed by atoms with van der Waals surface area (Å²) in [5.41, 5.74) is 0.362. The van der Waals surface area contributed by atoms with E-state index in [2.05, 4.69) is 15.5 Å². The maximum Gasteiger partial charge on any atom is 0.243 e. The first-order chi connectivity index (χ1) is 12.4. The van der Waals surface area contributed by atoms with E-state index in [4.69, 9.17) is 4.74 Å². The Balaban J connectivity index is 2.20. The fraction of sp³-hybridized carbons (Fsp3) is 0.588. The average Bonchev–Trinajstić information content (AvgIpc) is 2.63. The predicted octanol–water partition coefficient (Wildman–Crippen LogP) is 0.569. The molecule has 2 rings (SSSR count). The number of hydrogen-bond acceptors (Lipinski definition) is 6. The first-order valence-electron chi connectivity index (χ1n) is 8.83. The van der Waals surface area contributed by atoms with E-state index in [9.17, 15) is 13.2 Å². The molecule has 0 radical (unpaired) electrons. The van der Waals surface area contributed by atoms with Crippen LogP contribution in [0.25, 0.3) is 0 Å². The van der Waals surface area contributed by atoms with E-state index < -0.39 is 10.0 Å². The van der Waals surface area contributed by atoms with Gasteiger partial charge in [0, 0.05) is 39.3 Å². The van der Waals surface area contributed by atoms with Gasteiger partial charge in [0.2, 0.25) is 15.9 Å². The fourth-order valence-electron chi connectivity index (χ4n) is 2.92. The number of rotatable bonds is 8. The number of methoxy groups -OCH3 is 1. The molecule has 0 spiro atoms. The summed E-state index contributed by atoms with van der Waals surface area (Å²) in [4.78, 5) is 14.6. The first kappa shape index (κ1) is 20.6. The summed E-state index contributed by atoms with van der Waals surface area (Å²) in [6.07, 6.45) is 0. The minimum atomic E-state index is -3.60. The van der Waals surface area contributed by atoms with Gasteiger partial charge in [0.05, 0.1) is 24.2 Å². The number of amides is 1. The lowest BCUT2D eigenvalue weighted by Crippen LogP contribution is -2.46. The van der Waals surface area contributed by atoms with Crippen molar-refractivity contribution in [2.24, 2.45) is 0 Å². The highest BCUT2D eigenvalue weighted by Gasteiger charge is 2.23. The van der Waals surface area contributed by atoms with Gasteiger partial charge in [-0.1, -0.05) is 13.8 Å². The first-order valence-corrected chi connectivity index (χ1v) is 10.3. The van der Waals surface area contributed by atoms with Gasteiger partial charge in [-0.25, -0.2) is 8.42 Å². The molecule has 8 nitrogen and oxygen atoms in total. The Morgan fingerprint density at radius 3 is 2.50 bits per heavy atom. The van der Waals surface area contributed by atoms with Crippen LogP contribution >= 0.6 is 0 Å². The molecule has 9 heteroatoms. The standard InChI is InChI=1S/C17H28N4O4S/c1-4-21(5-2)26(23,24)14-6-7-16(25-3)15(12-14)19-17(22)13-20-10-8-18-9-11-20/h6-7,12,18H,4-5,8-11,13H2,1-3H3,(H,19,22). The van der Waals surface area contributed by atoms with Crippen LogP contribution in [0.5, 0.6) is 5.75 Å². The number of benzene rings is 1. The zero-order valence-electron chi connectivity index (χ0n) is 15.6. The molecular weight excluding hydrogens is 356 g/mol. The molecule has 0 aromatic heterocycles. The molecule has 1 heterocycles. The molecule has 1 aromatic rings. The van der Waals surface area contributed by atoms with Crippen molar-refractivity contribution in [1.82, 2.24) is 14.5 Å². The highest BCUT2D eigenvalue weighted by molar-refractivity contribution is 7.89. The van der Waals surface area contributed by atoms with E-state index in [1.54, 1.807) is 19.9 Å². The van der Waals surface area contributed by atoms with Crippen LogP contribution in [0, 0.1) is 0 Å². The maximum atomic E-state index is 12.7. The molecule has 146 valence electrons. The lowest BCUT2D eigenvalue weighted by molar-refractivity contribution is -0.117. The number of ether oxygens (including phenoxy) is 1. The van der Waals surface area contributed by atoms with Crippen molar-refractivity contribution in [3.05, 3.63) is 18.2 Å². The van der Waals surface area contributed by atoms with Crippen LogP contribution < -0.4 is 15.4 Å². The molecule has 1 saturated heterocycles. The molecule has 1 aliphatic rings. The average molecular weight is 385 g/mol. The van der Waals surface area contributed by atoms with Gasteiger partial charge < -0.3 is 15.4 Å². The number of carbonyl (C=O) groups excluding carboxylic acids is 1. The van der Waals surface area contributed by atoms with Crippen molar-refractivity contribution in [3.8, 4) is 5.75 Å². The van der Waals surface area contributed by atoms with E-state index in [0.717, 1.165) is 26.2 Å². The summed E-state index contributed by atoms with van der Waals surface area (Å²) in [5, 5.41) is 6.02. The summed E-state index contributed by atoms with van der Waals surface area (Å²) < 4.78 is 32.1. The number of anilines is 1. The molecule has 0 saturated carbocycles. The van der Waals surface area contributed by atoms with Gasteiger partial charge in [-0.05, 0) is 18.2 Å².